The molecule has 1 fully saturated rings. The van der Waals surface area contributed by atoms with Gasteiger partial charge in [0, 0.05) is 22.8 Å². The van der Waals surface area contributed by atoms with Gasteiger partial charge in [-0.3, -0.25) is 0 Å². The molecule has 0 saturated carbocycles. The average Bonchev–Trinajstić information content (AvgIpc) is 3.17. The Kier molecular flexibility index (Phi) is 4.55. The van der Waals surface area contributed by atoms with Crippen LogP contribution in [0.15, 0.2) is 36.4 Å². The van der Waals surface area contributed by atoms with Crippen LogP contribution in [0.2, 0.25) is 10.0 Å². The number of halogens is 2. The number of nitrogens with zero attached hydrogens (tertiary/aromatic N) is 1. The first-order chi connectivity index (χ1) is 11.0. The minimum atomic E-state index is -0.0823. The monoisotopic (exact) mass is 352 g/mol. The molecule has 3 rings (SSSR count). The van der Waals surface area contributed by atoms with Crippen LogP contribution in [0, 0.1) is 5.41 Å². The molecule has 1 aliphatic rings. The van der Waals surface area contributed by atoms with Crippen LogP contribution < -0.4 is 4.74 Å². The van der Waals surface area contributed by atoms with Crippen LogP contribution in [0.1, 0.15) is 32.5 Å². The Hall–Kier alpha value is -1.65. The van der Waals surface area contributed by atoms with E-state index in [1.807, 2.05) is 0 Å². The van der Waals surface area contributed by atoms with Crippen LogP contribution in [0.3, 0.4) is 0 Å². The van der Waals surface area contributed by atoms with E-state index in [0.29, 0.717) is 34.0 Å². The first kappa shape index (κ1) is 16.2. The predicted molar refractivity (Wildman–Crippen MR) is 91.6 cm³/mol. The normalized spacial score (nSPS) is 22.8. The second-order valence-electron chi connectivity index (χ2n) is 5.79. The smallest absolute Gasteiger partial charge is 0.208 e. The number of hydrogen-bond donors (Lipinski definition) is 1. The fourth-order valence-corrected chi connectivity index (χ4v) is 3.05. The summed E-state index contributed by atoms with van der Waals surface area (Å²) < 4.78 is 12.0. The van der Waals surface area contributed by atoms with E-state index in [9.17, 15) is 0 Å². The third-order valence-corrected chi connectivity index (χ3v) is 4.78. The Balaban J connectivity index is 2.07. The first-order valence-corrected chi connectivity index (χ1v) is 8.29. The van der Waals surface area contributed by atoms with Crippen molar-refractivity contribution >= 4 is 29.0 Å². The van der Waals surface area contributed by atoms with E-state index < -0.39 is 0 Å². The quantitative estimate of drug-likeness (QED) is 0.759. The van der Waals surface area contributed by atoms with Crippen molar-refractivity contribution in [2.75, 3.05) is 6.61 Å². The van der Waals surface area contributed by atoms with Crippen LogP contribution in [0.4, 0.5) is 0 Å². The number of rotatable bonds is 4. The van der Waals surface area contributed by atoms with Gasteiger partial charge in [-0.05, 0) is 31.0 Å². The predicted octanol–water partition coefficient (Wildman–Crippen LogP) is 5.30. The minimum absolute atomic E-state index is 0.0823. The lowest BCUT2D eigenvalue weighted by molar-refractivity contribution is 0.236. The number of aromatic amines is 1. The molecule has 2 heterocycles. The molecule has 4 nitrogen and oxygen atoms in total. The van der Waals surface area contributed by atoms with E-state index in [0.717, 1.165) is 18.6 Å². The van der Waals surface area contributed by atoms with Gasteiger partial charge in [-0.15, -0.1) is 0 Å². The van der Waals surface area contributed by atoms with Crippen LogP contribution in [-0.4, -0.2) is 16.6 Å². The lowest BCUT2D eigenvalue weighted by Crippen LogP contribution is -2.16. The molecule has 1 unspecified atom stereocenters. The molecule has 122 valence electrons. The summed E-state index contributed by atoms with van der Waals surface area (Å²) in [5, 5.41) is 1.00. The highest BCUT2D eigenvalue weighted by Crippen LogP contribution is 2.45. The van der Waals surface area contributed by atoms with Gasteiger partial charge in [-0.2, -0.15) is 0 Å². The largest absolute Gasteiger partial charge is 0.493 e. The average molecular weight is 353 g/mol. The van der Waals surface area contributed by atoms with Crippen molar-refractivity contribution in [3.8, 4) is 5.75 Å². The Bertz CT molecular complexity index is 728. The lowest BCUT2D eigenvalue weighted by Gasteiger charge is -2.23. The third-order valence-electron chi connectivity index (χ3n) is 4.25. The topological polar surface area (TPSA) is 47.1 Å². The second-order valence-corrected chi connectivity index (χ2v) is 6.63. The maximum Gasteiger partial charge on any atom is 0.208 e. The molecule has 1 saturated heterocycles. The van der Waals surface area contributed by atoms with Gasteiger partial charge in [0.15, 0.2) is 5.82 Å². The molecule has 0 aliphatic carbocycles. The molecule has 23 heavy (non-hydrogen) atoms. The van der Waals surface area contributed by atoms with Gasteiger partial charge in [0.05, 0.1) is 11.6 Å². The van der Waals surface area contributed by atoms with E-state index in [1.165, 1.54) is 0 Å². The molecule has 0 bridgehead atoms. The zero-order valence-corrected chi connectivity index (χ0v) is 14.5. The Labute approximate surface area is 145 Å². The molecule has 1 aliphatic heterocycles. The summed E-state index contributed by atoms with van der Waals surface area (Å²) in [6.07, 6.45) is 5.33. The van der Waals surface area contributed by atoms with Gasteiger partial charge in [0.25, 0.3) is 0 Å². The number of allylic oxidation sites excluding steroid dienone is 1. The fraction of sp³-hybridized carbons (Fsp3) is 0.353. The highest BCUT2D eigenvalue weighted by Gasteiger charge is 2.39. The molecule has 2 aromatic rings. The lowest BCUT2D eigenvalue weighted by atomic mass is 9.83. The van der Waals surface area contributed by atoms with Crippen molar-refractivity contribution in [3.63, 3.8) is 0 Å². The first-order valence-electron chi connectivity index (χ1n) is 7.54. The maximum atomic E-state index is 6.24. The van der Waals surface area contributed by atoms with Crippen molar-refractivity contribution < 1.29 is 9.47 Å². The highest BCUT2D eigenvalue weighted by atomic mass is 35.5. The number of aromatic nitrogens is 2. The summed E-state index contributed by atoms with van der Waals surface area (Å²) in [4.78, 5) is 7.40. The summed E-state index contributed by atoms with van der Waals surface area (Å²) in [6, 6.07) is 5.13. The molecular formula is C17H18Cl2N2O2. The van der Waals surface area contributed by atoms with Crippen LogP contribution >= 0.6 is 23.2 Å². The van der Waals surface area contributed by atoms with Gasteiger partial charge in [0.2, 0.25) is 5.76 Å². The Morgan fingerprint density at radius 3 is 2.91 bits per heavy atom. The maximum absolute atomic E-state index is 6.24. The van der Waals surface area contributed by atoms with Crippen molar-refractivity contribution in [1.82, 2.24) is 9.97 Å². The molecule has 1 aromatic carbocycles. The molecule has 0 radical (unpaired) electrons. The van der Waals surface area contributed by atoms with Crippen molar-refractivity contribution in [2.24, 2.45) is 5.41 Å². The summed E-state index contributed by atoms with van der Waals surface area (Å²) in [5.41, 5.74) is -0.0823. The fourth-order valence-electron chi connectivity index (χ4n) is 2.60. The number of benzene rings is 1. The van der Waals surface area contributed by atoms with Crippen LogP contribution in [0.25, 0.3) is 5.76 Å². The highest BCUT2D eigenvalue weighted by molar-refractivity contribution is 6.35. The minimum Gasteiger partial charge on any atom is -0.493 e. The second kappa shape index (κ2) is 6.46. The van der Waals surface area contributed by atoms with E-state index in [1.54, 1.807) is 30.6 Å². The molecule has 0 amide bonds. The zero-order valence-electron chi connectivity index (χ0n) is 13.0. The van der Waals surface area contributed by atoms with Gasteiger partial charge in [0.1, 0.15) is 11.5 Å². The van der Waals surface area contributed by atoms with Gasteiger partial charge in [-0.1, -0.05) is 37.0 Å². The van der Waals surface area contributed by atoms with Gasteiger partial charge >= 0.3 is 0 Å². The van der Waals surface area contributed by atoms with E-state index in [-0.39, 0.29) is 5.41 Å². The van der Waals surface area contributed by atoms with E-state index in [4.69, 9.17) is 32.7 Å². The third kappa shape index (κ3) is 3.19. The molecule has 6 heteroatoms. The van der Waals surface area contributed by atoms with E-state index >= 15 is 0 Å². The van der Waals surface area contributed by atoms with Crippen molar-refractivity contribution in [1.29, 1.82) is 0 Å². The molecular weight excluding hydrogens is 335 g/mol. The van der Waals surface area contributed by atoms with E-state index in [2.05, 4.69) is 23.8 Å². The van der Waals surface area contributed by atoms with Crippen LogP contribution in [-0.2, 0) is 4.74 Å². The summed E-state index contributed by atoms with van der Waals surface area (Å²) in [7, 11) is 0. The number of ether oxygens (including phenoxy) is 2. The standard InChI is InChI=1S/C17H18Cl2N2O2/c1-3-17(2)6-9-22-15(17)14(16-20-7-8-21-16)23-13-5-4-11(18)10-12(13)19/h4-5,7-8,10H,3,6,9H2,1-2H3,(H,20,21). The molecule has 0 spiro atoms. The molecule has 1 N–H and O–H groups in total. The van der Waals surface area contributed by atoms with Crippen molar-refractivity contribution in [2.45, 2.75) is 26.7 Å². The number of hydrogen-bond acceptors (Lipinski definition) is 3. The van der Waals surface area contributed by atoms with Gasteiger partial charge in [-0.25, -0.2) is 4.98 Å². The number of nitrogens with one attached hydrogen (secondary N) is 1. The van der Waals surface area contributed by atoms with Crippen molar-refractivity contribution in [3.05, 3.63) is 52.2 Å². The van der Waals surface area contributed by atoms with Gasteiger partial charge < -0.3 is 14.5 Å². The summed E-state index contributed by atoms with van der Waals surface area (Å²) in [6.45, 7) is 4.98. The zero-order chi connectivity index (χ0) is 16.4. The molecule has 1 atom stereocenters. The number of H-pyrrole nitrogens is 1. The summed E-state index contributed by atoms with van der Waals surface area (Å²) in [5.74, 6) is 2.51. The van der Waals surface area contributed by atoms with Crippen LogP contribution in [0.5, 0.6) is 5.75 Å². The number of imidazole rings is 1. The molecule has 1 aromatic heterocycles. The Morgan fingerprint density at radius 1 is 1.43 bits per heavy atom. The summed E-state index contributed by atoms with van der Waals surface area (Å²) >= 11 is 12.2. The SMILES string of the molecule is CCC1(C)CCOC1=C(Oc1ccc(Cl)cc1Cl)c1ncc[nH]1. The Morgan fingerprint density at radius 2 is 2.26 bits per heavy atom.